The van der Waals surface area contributed by atoms with Gasteiger partial charge in [-0.3, -0.25) is 0 Å². The standard InChI is InChI=1S/C15H20N2O2/c1-9-7-6-8-12(10(9)2)14(18)13-11(3)16-17(4)15(13)19-5/h6-8,14,18H,1-5H3. The van der Waals surface area contributed by atoms with Crippen LogP contribution in [0.1, 0.15) is 34.1 Å². The van der Waals surface area contributed by atoms with Crippen LogP contribution in [0.4, 0.5) is 0 Å². The van der Waals surface area contributed by atoms with Crippen molar-refractivity contribution in [3.8, 4) is 5.88 Å². The first kappa shape index (κ1) is 13.6. The third kappa shape index (κ3) is 2.24. The van der Waals surface area contributed by atoms with Crippen molar-refractivity contribution >= 4 is 0 Å². The Kier molecular flexibility index (Phi) is 3.62. The summed E-state index contributed by atoms with van der Waals surface area (Å²) in [4.78, 5) is 0. The van der Waals surface area contributed by atoms with Gasteiger partial charge in [0, 0.05) is 7.05 Å². The molecule has 4 heteroatoms. The van der Waals surface area contributed by atoms with Gasteiger partial charge in [-0.1, -0.05) is 18.2 Å². The van der Waals surface area contributed by atoms with Gasteiger partial charge in [0.2, 0.25) is 5.88 Å². The summed E-state index contributed by atoms with van der Waals surface area (Å²) < 4.78 is 7.00. The van der Waals surface area contributed by atoms with Gasteiger partial charge in [-0.25, -0.2) is 4.68 Å². The monoisotopic (exact) mass is 260 g/mol. The van der Waals surface area contributed by atoms with Crippen molar-refractivity contribution in [3.63, 3.8) is 0 Å². The number of methoxy groups -OCH3 is 1. The second-order valence-corrected chi connectivity index (χ2v) is 4.82. The molecule has 0 saturated heterocycles. The number of aliphatic hydroxyl groups excluding tert-OH is 1. The molecule has 0 amide bonds. The van der Waals surface area contributed by atoms with Gasteiger partial charge in [-0.2, -0.15) is 5.10 Å². The molecule has 0 aliphatic heterocycles. The zero-order valence-electron chi connectivity index (χ0n) is 12.1. The molecule has 1 aromatic carbocycles. The molecule has 1 N–H and O–H groups in total. The van der Waals surface area contributed by atoms with Crippen LogP contribution < -0.4 is 4.74 Å². The number of rotatable bonds is 3. The number of benzene rings is 1. The van der Waals surface area contributed by atoms with Crippen LogP contribution in [-0.2, 0) is 7.05 Å². The molecule has 1 unspecified atom stereocenters. The van der Waals surface area contributed by atoms with E-state index in [1.165, 1.54) is 0 Å². The average molecular weight is 260 g/mol. The van der Waals surface area contributed by atoms with E-state index in [0.29, 0.717) is 5.88 Å². The third-order valence-electron chi connectivity index (χ3n) is 3.62. The molecule has 4 nitrogen and oxygen atoms in total. The first-order valence-corrected chi connectivity index (χ1v) is 6.29. The summed E-state index contributed by atoms with van der Waals surface area (Å²) >= 11 is 0. The number of aryl methyl sites for hydroxylation is 3. The molecule has 1 heterocycles. The van der Waals surface area contributed by atoms with Crippen molar-refractivity contribution in [1.29, 1.82) is 0 Å². The van der Waals surface area contributed by atoms with E-state index in [4.69, 9.17) is 4.74 Å². The lowest BCUT2D eigenvalue weighted by molar-refractivity contribution is 0.212. The zero-order valence-corrected chi connectivity index (χ0v) is 12.1. The predicted octanol–water partition coefficient (Wildman–Crippen LogP) is 2.44. The summed E-state index contributed by atoms with van der Waals surface area (Å²) in [6, 6.07) is 5.94. The van der Waals surface area contributed by atoms with Gasteiger partial charge < -0.3 is 9.84 Å². The second kappa shape index (κ2) is 5.05. The summed E-state index contributed by atoms with van der Waals surface area (Å²) in [6.45, 7) is 5.94. The Labute approximate surface area is 113 Å². The topological polar surface area (TPSA) is 47.3 Å². The predicted molar refractivity (Wildman–Crippen MR) is 74.5 cm³/mol. The van der Waals surface area contributed by atoms with Gasteiger partial charge in [0.05, 0.1) is 18.4 Å². The lowest BCUT2D eigenvalue weighted by Gasteiger charge is -2.16. The first-order chi connectivity index (χ1) is 8.97. The summed E-state index contributed by atoms with van der Waals surface area (Å²) in [7, 11) is 3.40. The zero-order chi connectivity index (χ0) is 14.2. The minimum atomic E-state index is -0.719. The number of hydrogen-bond acceptors (Lipinski definition) is 3. The van der Waals surface area contributed by atoms with E-state index in [9.17, 15) is 5.11 Å². The van der Waals surface area contributed by atoms with E-state index in [-0.39, 0.29) is 0 Å². The molecule has 0 bridgehead atoms. The minimum Gasteiger partial charge on any atom is -0.481 e. The molecule has 0 spiro atoms. The highest BCUT2D eigenvalue weighted by Gasteiger charge is 2.24. The van der Waals surface area contributed by atoms with E-state index in [0.717, 1.165) is 27.9 Å². The summed E-state index contributed by atoms with van der Waals surface area (Å²) in [5.41, 5.74) is 4.68. The Hall–Kier alpha value is -1.81. The lowest BCUT2D eigenvalue weighted by Crippen LogP contribution is -2.06. The lowest BCUT2D eigenvalue weighted by atomic mass is 9.95. The van der Waals surface area contributed by atoms with Gasteiger partial charge in [-0.05, 0) is 37.5 Å². The Morgan fingerprint density at radius 2 is 1.95 bits per heavy atom. The van der Waals surface area contributed by atoms with Crippen LogP contribution in [0.3, 0.4) is 0 Å². The fourth-order valence-electron chi connectivity index (χ4n) is 2.44. The van der Waals surface area contributed by atoms with Crippen molar-refractivity contribution < 1.29 is 9.84 Å². The molecule has 1 aromatic heterocycles. The van der Waals surface area contributed by atoms with Crippen molar-refractivity contribution in [3.05, 3.63) is 46.1 Å². The molecule has 0 saturated carbocycles. The van der Waals surface area contributed by atoms with Crippen LogP contribution in [0.2, 0.25) is 0 Å². The number of ether oxygens (including phenoxy) is 1. The molecular weight excluding hydrogens is 240 g/mol. The second-order valence-electron chi connectivity index (χ2n) is 4.82. The van der Waals surface area contributed by atoms with Gasteiger partial charge >= 0.3 is 0 Å². The third-order valence-corrected chi connectivity index (χ3v) is 3.62. The molecule has 2 aromatic rings. The van der Waals surface area contributed by atoms with E-state index >= 15 is 0 Å². The van der Waals surface area contributed by atoms with Gasteiger partial charge in [-0.15, -0.1) is 0 Å². The summed E-state index contributed by atoms with van der Waals surface area (Å²) in [5, 5.41) is 15.0. The van der Waals surface area contributed by atoms with E-state index in [1.807, 2.05) is 46.0 Å². The van der Waals surface area contributed by atoms with Gasteiger partial charge in [0.1, 0.15) is 6.10 Å². The maximum Gasteiger partial charge on any atom is 0.217 e. The summed E-state index contributed by atoms with van der Waals surface area (Å²) in [5.74, 6) is 0.603. The van der Waals surface area contributed by atoms with Crippen LogP contribution in [0, 0.1) is 20.8 Å². The Bertz CT molecular complexity index is 602. The maximum atomic E-state index is 10.7. The van der Waals surface area contributed by atoms with Crippen LogP contribution in [0.25, 0.3) is 0 Å². The van der Waals surface area contributed by atoms with Crippen LogP contribution in [0.5, 0.6) is 5.88 Å². The highest BCUT2D eigenvalue weighted by atomic mass is 16.5. The molecular formula is C15H20N2O2. The van der Waals surface area contributed by atoms with Crippen LogP contribution >= 0.6 is 0 Å². The molecule has 2 rings (SSSR count). The molecule has 0 aliphatic rings. The Morgan fingerprint density at radius 3 is 2.58 bits per heavy atom. The van der Waals surface area contributed by atoms with E-state index in [1.54, 1.807) is 11.8 Å². The van der Waals surface area contributed by atoms with Gasteiger partial charge in [0.25, 0.3) is 0 Å². The van der Waals surface area contributed by atoms with Crippen molar-refractivity contribution in [2.45, 2.75) is 26.9 Å². The highest BCUT2D eigenvalue weighted by Crippen LogP contribution is 2.34. The smallest absolute Gasteiger partial charge is 0.217 e. The largest absolute Gasteiger partial charge is 0.481 e. The highest BCUT2D eigenvalue weighted by molar-refractivity contribution is 5.44. The fourth-order valence-corrected chi connectivity index (χ4v) is 2.44. The molecule has 1 atom stereocenters. The van der Waals surface area contributed by atoms with Gasteiger partial charge in [0.15, 0.2) is 0 Å². The van der Waals surface area contributed by atoms with E-state index in [2.05, 4.69) is 5.10 Å². The summed E-state index contributed by atoms with van der Waals surface area (Å²) in [6.07, 6.45) is -0.719. The quantitative estimate of drug-likeness (QED) is 0.922. The molecule has 0 radical (unpaired) electrons. The fraction of sp³-hybridized carbons (Fsp3) is 0.400. The Morgan fingerprint density at radius 1 is 1.26 bits per heavy atom. The van der Waals surface area contributed by atoms with Crippen LogP contribution in [0.15, 0.2) is 18.2 Å². The molecule has 102 valence electrons. The normalized spacial score (nSPS) is 12.5. The Balaban J connectivity index is 2.56. The van der Waals surface area contributed by atoms with Crippen molar-refractivity contribution in [1.82, 2.24) is 9.78 Å². The van der Waals surface area contributed by atoms with Crippen LogP contribution in [-0.4, -0.2) is 22.0 Å². The average Bonchev–Trinajstić information content (AvgIpc) is 2.66. The van der Waals surface area contributed by atoms with Crippen molar-refractivity contribution in [2.24, 2.45) is 7.05 Å². The number of aliphatic hydroxyl groups is 1. The molecule has 0 fully saturated rings. The SMILES string of the molecule is COc1c(C(O)c2cccc(C)c2C)c(C)nn1C. The number of hydrogen-bond donors (Lipinski definition) is 1. The van der Waals surface area contributed by atoms with E-state index < -0.39 is 6.10 Å². The molecule has 19 heavy (non-hydrogen) atoms. The first-order valence-electron chi connectivity index (χ1n) is 6.29. The molecule has 0 aliphatic carbocycles. The number of aromatic nitrogens is 2. The minimum absolute atomic E-state index is 0.603. The number of nitrogens with zero attached hydrogens (tertiary/aromatic N) is 2. The maximum absolute atomic E-state index is 10.7. The van der Waals surface area contributed by atoms with Crippen molar-refractivity contribution in [2.75, 3.05) is 7.11 Å².